The number of fused-ring (bicyclic) bond motifs is 2. The Morgan fingerprint density at radius 2 is 1.70 bits per heavy atom. The van der Waals surface area contributed by atoms with Crippen molar-refractivity contribution >= 4 is 17.5 Å². The zero-order chi connectivity index (χ0) is 16.7. The largest absolute Gasteiger partial charge is 0.507 e. The zero-order valence-corrected chi connectivity index (χ0v) is 11.3. The van der Waals surface area contributed by atoms with Crippen LogP contribution in [0.1, 0.15) is 42.2 Å². The molecule has 0 bridgehead atoms. The summed E-state index contributed by atoms with van der Waals surface area (Å²) in [5.74, 6) is -3.33. The maximum Gasteiger partial charge on any atom is 0.249 e. The summed E-state index contributed by atoms with van der Waals surface area (Å²) in [7, 11) is 0. The third-order valence-electron chi connectivity index (χ3n) is 3.49. The van der Waals surface area contributed by atoms with Crippen LogP contribution < -0.4 is 0 Å². The van der Waals surface area contributed by atoms with E-state index in [-0.39, 0.29) is 33.6 Å². The highest BCUT2D eigenvalue weighted by molar-refractivity contribution is 6.30. The number of hydrogen-bond acceptors (Lipinski definition) is 5. The van der Waals surface area contributed by atoms with Crippen molar-refractivity contribution in [2.75, 3.05) is 0 Å². The van der Waals surface area contributed by atoms with E-state index in [4.69, 9.17) is 5.53 Å². The fourth-order valence-corrected chi connectivity index (χ4v) is 2.50. The molecule has 3 rings (SSSR count). The molecule has 23 heavy (non-hydrogen) atoms. The molecular weight excluding hydrogens is 302 g/mol. The Morgan fingerprint density at radius 1 is 1.00 bits per heavy atom. The van der Waals surface area contributed by atoms with Gasteiger partial charge in [0, 0.05) is 21.6 Å². The highest BCUT2D eigenvalue weighted by Crippen LogP contribution is 2.37. The molecular formula is C15H7N3O5. The molecule has 2 aromatic rings. The maximum atomic E-state index is 12.5. The van der Waals surface area contributed by atoms with Gasteiger partial charge in [-0.05, 0) is 28.8 Å². The normalized spacial score (nSPS) is 12.2. The summed E-state index contributed by atoms with van der Waals surface area (Å²) in [6, 6.07) is 6.03. The van der Waals surface area contributed by atoms with Gasteiger partial charge in [-0.2, -0.15) is 0 Å². The van der Waals surface area contributed by atoms with Crippen LogP contribution in [0.3, 0.4) is 0 Å². The van der Waals surface area contributed by atoms with Gasteiger partial charge in [0.1, 0.15) is 11.5 Å². The molecule has 0 fully saturated rings. The Hall–Kier alpha value is -3.64. The van der Waals surface area contributed by atoms with Crippen molar-refractivity contribution in [2.24, 2.45) is 5.11 Å². The van der Waals surface area contributed by atoms with Crippen molar-refractivity contribution in [2.45, 2.75) is 0 Å². The standard InChI is InChI=1S/C15H7N3O5/c16-18-17-15(23)6-4-8-12(10(20)5-6)14(22)11-7(13(8)21)2-1-3-9(11)19/h1-5,19-20H. The first-order chi connectivity index (χ1) is 11.0. The number of phenolic OH excluding ortho intramolecular Hbond substituents is 2. The third kappa shape index (κ3) is 2.02. The number of ketones is 2. The topological polar surface area (TPSA) is 140 Å². The van der Waals surface area contributed by atoms with Gasteiger partial charge >= 0.3 is 0 Å². The minimum atomic E-state index is -0.993. The second-order valence-corrected chi connectivity index (χ2v) is 4.77. The first kappa shape index (κ1) is 14.3. The first-order valence-corrected chi connectivity index (χ1v) is 6.33. The predicted molar refractivity (Wildman–Crippen MR) is 76.6 cm³/mol. The molecule has 0 spiro atoms. The van der Waals surface area contributed by atoms with Crippen molar-refractivity contribution in [3.8, 4) is 11.5 Å². The fourth-order valence-electron chi connectivity index (χ4n) is 2.50. The third-order valence-corrected chi connectivity index (χ3v) is 3.49. The smallest absolute Gasteiger partial charge is 0.249 e. The summed E-state index contributed by atoms with van der Waals surface area (Å²) in [5.41, 5.74) is 7.34. The zero-order valence-electron chi connectivity index (χ0n) is 11.3. The molecule has 1 amide bonds. The summed E-state index contributed by atoms with van der Waals surface area (Å²) in [4.78, 5) is 38.9. The second-order valence-electron chi connectivity index (χ2n) is 4.77. The molecule has 2 N–H and O–H groups in total. The van der Waals surface area contributed by atoms with Gasteiger partial charge in [0.25, 0.3) is 0 Å². The molecule has 0 atom stereocenters. The first-order valence-electron chi connectivity index (χ1n) is 6.33. The molecule has 0 heterocycles. The molecule has 0 aromatic heterocycles. The Kier molecular flexibility index (Phi) is 3.09. The number of carbonyl (C=O) groups is 3. The maximum absolute atomic E-state index is 12.5. The summed E-state index contributed by atoms with van der Waals surface area (Å²) in [6.07, 6.45) is 0. The minimum Gasteiger partial charge on any atom is -0.507 e. The Bertz CT molecular complexity index is 958. The van der Waals surface area contributed by atoms with Crippen LogP contribution in [0.15, 0.2) is 35.4 Å². The van der Waals surface area contributed by atoms with Crippen LogP contribution in [0, 0.1) is 0 Å². The van der Waals surface area contributed by atoms with Gasteiger partial charge in [-0.15, -0.1) is 0 Å². The number of aromatic hydroxyl groups is 2. The van der Waals surface area contributed by atoms with Crippen LogP contribution in [0.5, 0.6) is 11.5 Å². The molecule has 0 saturated carbocycles. The minimum absolute atomic E-state index is 0.0321. The second kappa shape index (κ2) is 4.97. The number of rotatable bonds is 1. The number of carbonyl (C=O) groups excluding carboxylic acids is 3. The average molecular weight is 309 g/mol. The van der Waals surface area contributed by atoms with E-state index < -0.39 is 23.2 Å². The number of amides is 1. The van der Waals surface area contributed by atoms with Crippen LogP contribution in [-0.4, -0.2) is 27.7 Å². The van der Waals surface area contributed by atoms with E-state index in [0.29, 0.717) is 0 Å². The van der Waals surface area contributed by atoms with E-state index >= 15 is 0 Å². The number of nitrogens with zero attached hydrogens (tertiary/aromatic N) is 3. The fraction of sp³-hybridized carbons (Fsp3) is 0. The van der Waals surface area contributed by atoms with Gasteiger partial charge in [-0.25, -0.2) is 0 Å². The number of azide groups is 1. The van der Waals surface area contributed by atoms with E-state index in [1.807, 2.05) is 0 Å². The van der Waals surface area contributed by atoms with E-state index in [9.17, 15) is 24.6 Å². The van der Waals surface area contributed by atoms with Crippen LogP contribution in [0.2, 0.25) is 0 Å². The van der Waals surface area contributed by atoms with E-state index in [0.717, 1.165) is 12.1 Å². The number of benzene rings is 2. The summed E-state index contributed by atoms with van der Waals surface area (Å²) < 4.78 is 0. The van der Waals surface area contributed by atoms with Crippen LogP contribution >= 0.6 is 0 Å². The van der Waals surface area contributed by atoms with Crippen LogP contribution in [-0.2, 0) is 0 Å². The van der Waals surface area contributed by atoms with E-state index in [1.54, 1.807) is 0 Å². The quantitative estimate of drug-likeness (QED) is 0.403. The van der Waals surface area contributed by atoms with Gasteiger partial charge in [-0.3, -0.25) is 14.4 Å². The highest BCUT2D eigenvalue weighted by Gasteiger charge is 2.34. The molecule has 2 aromatic carbocycles. The average Bonchev–Trinajstić information content (AvgIpc) is 2.52. The Balaban J connectivity index is 2.29. The van der Waals surface area contributed by atoms with Gasteiger partial charge < -0.3 is 10.2 Å². The monoisotopic (exact) mass is 309 g/mol. The molecule has 1 aliphatic rings. The molecule has 8 heteroatoms. The lowest BCUT2D eigenvalue weighted by molar-refractivity contribution is 0.0971. The van der Waals surface area contributed by atoms with Crippen LogP contribution in [0.4, 0.5) is 0 Å². The molecule has 112 valence electrons. The summed E-state index contributed by atoms with van der Waals surface area (Å²) in [6.45, 7) is 0. The lowest BCUT2D eigenvalue weighted by atomic mass is 9.82. The van der Waals surface area contributed by atoms with Crippen molar-refractivity contribution in [1.29, 1.82) is 0 Å². The molecule has 8 nitrogen and oxygen atoms in total. The summed E-state index contributed by atoms with van der Waals surface area (Å²) >= 11 is 0. The summed E-state index contributed by atoms with van der Waals surface area (Å²) in [5, 5.41) is 22.7. The Morgan fingerprint density at radius 3 is 2.39 bits per heavy atom. The lowest BCUT2D eigenvalue weighted by Gasteiger charge is -2.19. The van der Waals surface area contributed by atoms with Crippen molar-refractivity contribution in [3.05, 3.63) is 68.6 Å². The van der Waals surface area contributed by atoms with Gasteiger partial charge in [0.15, 0.2) is 5.78 Å². The van der Waals surface area contributed by atoms with E-state index in [2.05, 4.69) is 10.0 Å². The van der Waals surface area contributed by atoms with Crippen molar-refractivity contribution < 1.29 is 24.6 Å². The van der Waals surface area contributed by atoms with Crippen molar-refractivity contribution in [1.82, 2.24) is 0 Å². The molecule has 0 radical (unpaired) electrons. The van der Waals surface area contributed by atoms with Gasteiger partial charge in [0.2, 0.25) is 11.7 Å². The van der Waals surface area contributed by atoms with Gasteiger partial charge in [-0.1, -0.05) is 12.1 Å². The molecule has 0 saturated heterocycles. The van der Waals surface area contributed by atoms with Gasteiger partial charge in [0.05, 0.1) is 11.1 Å². The van der Waals surface area contributed by atoms with Crippen molar-refractivity contribution in [3.63, 3.8) is 0 Å². The molecule has 1 aliphatic carbocycles. The Labute approximate surface area is 128 Å². The van der Waals surface area contributed by atoms with E-state index in [1.165, 1.54) is 18.2 Å². The SMILES string of the molecule is [N-]=[N+]=NC(=O)c1cc(O)c2c(c1)C(=O)c1cccc(O)c1C2=O. The number of hydrogen-bond donors (Lipinski definition) is 2. The lowest BCUT2D eigenvalue weighted by Crippen LogP contribution is -2.21. The highest BCUT2D eigenvalue weighted by atomic mass is 16.3. The molecule has 0 unspecified atom stereocenters. The number of phenols is 2. The molecule has 0 aliphatic heterocycles. The van der Waals surface area contributed by atoms with Crippen LogP contribution in [0.25, 0.3) is 10.4 Å². The predicted octanol–water partition coefficient (Wildman–Crippen LogP) is 2.32.